The summed E-state index contributed by atoms with van der Waals surface area (Å²) in [6.45, 7) is 5.68. The number of benzene rings is 1. The summed E-state index contributed by atoms with van der Waals surface area (Å²) >= 11 is 0. The minimum Gasteiger partial charge on any atom is -0.483 e. The van der Waals surface area contributed by atoms with Gasteiger partial charge in [0, 0.05) is 32.2 Å². The molecule has 2 saturated heterocycles. The van der Waals surface area contributed by atoms with E-state index in [2.05, 4.69) is 71.5 Å². The van der Waals surface area contributed by atoms with E-state index in [1.807, 2.05) is 0 Å². The standard InChI is InChI=1S/C24H40N4O.2CH2O2/c1-26(2)23-10-9-22(18-27(3)19-23)24(29)25-14-11-20-12-15-28(16-13-20)17-21-7-5-4-6-8-21;2*2-1-3/h4-8,20,22-23H,9-19H2,1-3H3,(H,25,29);2*1H,(H,2,3)/t22-,23+;;/m1../s1. The van der Waals surface area contributed by atoms with Gasteiger partial charge in [-0.15, -0.1) is 0 Å². The van der Waals surface area contributed by atoms with Crippen molar-refractivity contribution in [1.29, 1.82) is 0 Å². The lowest BCUT2D eigenvalue weighted by atomic mass is 9.93. The van der Waals surface area contributed by atoms with Crippen molar-refractivity contribution in [2.24, 2.45) is 11.8 Å². The number of rotatable bonds is 7. The van der Waals surface area contributed by atoms with E-state index in [0.29, 0.717) is 6.04 Å². The smallest absolute Gasteiger partial charge is 0.290 e. The molecule has 198 valence electrons. The number of likely N-dealkylation sites (N-methyl/N-ethyl adjacent to an activating group) is 2. The predicted molar refractivity (Wildman–Crippen MR) is 137 cm³/mol. The van der Waals surface area contributed by atoms with Crippen LogP contribution in [-0.4, -0.2) is 104 Å². The zero-order valence-corrected chi connectivity index (χ0v) is 21.5. The summed E-state index contributed by atoms with van der Waals surface area (Å²) in [4.78, 5) is 36.6. The van der Waals surface area contributed by atoms with Gasteiger partial charge in [0.05, 0.1) is 5.92 Å². The molecule has 3 N–H and O–H groups in total. The maximum absolute atomic E-state index is 12.7. The van der Waals surface area contributed by atoms with Gasteiger partial charge in [-0.25, -0.2) is 0 Å². The van der Waals surface area contributed by atoms with Crippen LogP contribution in [0.1, 0.15) is 37.7 Å². The highest BCUT2D eigenvalue weighted by Gasteiger charge is 2.27. The third kappa shape index (κ3) is 12.7. The second-order valence-corrected chi connectivity index (χ2v) is 9.61. The molecule has 0 aliphatic carbocycles. The lowest BCUT2D eigenvalue weighted by Gasteiger charge is -2.32. The van der Waals surface area contributed by atoms with E-state index in [-0.39, 0.29) is 24.8 Å². The molecular formula is C26H44N4O5. The minimum atomic E-state index is -0.250. The van der Waals surface area contributed by atoms with Crippen LogP contribution in [0.4, 0.5) is 0 Å². The Balaban J connectivity index is 0.000000926. The number of nitrogens with zero attached hydrogens (tertiary/aromatic N) is 3. The molecule has 0 radical (unpaired) electrons. The van der Waals surface area contributed by atoms with Crippen LogP contribution in [0.5, 0.6) is 0 Å². The summed E-state index contributed by atoms with van der Waals surface area (Å²) in [6.07, 6.45) is 5.72. The number of carbonyl (C=O) groups is 3. The summed E-state index contributed by atoms with van der Waals surface area (Å²) in [5.74, 6) is 1.15. The highest BCUT2D eigenvalue weighted by atomic mass is 16.3. The van der Waals surface area contributed by atoms with Crippen molar-refractivity contribution in [2.45, 2.75) is 44.7 Å². The third-order valence-corrected chi connectivity index (χ3v) is 6.81. The molecule has 35 heavy (non-hydrogen) atoms. The van der Waals surface area contributed by atoms with Gasteiger partial charge in [-0.05, 0) is 77.8 Å². The van der Waals surface area contributed by atoms with Crippen molar-refractivity contribution in [1.82, 2.24) is 20.0 Å². The van der Waals surface area contributed by atoms with E-state index >= 15 is 0 Å². The Labute approximate surface area is 210 Å². The van der Waals surface area contributed by atoms with Gasteiger partial charge in [0.25, 0.3) is 12.9 Å². The van der Waals surface area contributed by atoms with Gasteiger partial charge < -0.3 is 25.3 Å². The SMILES string of the molecule is CN1C[C@H](C(=O)NCCC2CCN(Cc3ccccc3)CC2)CC[C@H](N(C)C)C1.O=CO.O=CO. The summed E-state index contributed by atoms with van der Waals surface area (Å²) in [7, 11) is 6.43. The molecule has 1 aromatic rings. The molecule has 3 rings (SSSR count). The topological polar surface area (TPSA) is 113 Å². The van der Waals surface area contributed by atoms with Crippen LogP contribution >= 0.6 is 0 Å². The fourth-order valence-corrected chi connectivity index (χ4v) is 4.84. The largest absolute Gasteiger partial charge is 0.483 e. The Hall–Kier alpha value is -2.49. The first-order valence-corrected chi connectivity index (χ1v) is 12.4. The second-order valence-electron chi connectivity index (χ2n) is 9.61. The normalized spacial score (nSPS) is 21.5. The maximum atomic E-state index is 12.7. The fraction of sp³-hybridized carbons (Fsp3) is 0.654. The van der Waals surface area contributed by atoms with Gasteiger partial charge in [0.15, 0.2) is 0 Å². The van der Waals surface area contributed by atoms with Crippen molar-refractivity contribution >= 4 is 18.9 Å². The molecule has 1 aromatic carbocycles. The van der Waals surface area contributed by atoms with Gasteiger partial charge in [-0.2, -0.15) is 0 Å². The lowest BCUT2D eigenvalue weighted by molar-refractivity contribution is -0.126. The number of hydrogen-bond donors (Lipinski definition) is 3. The van der Waals surface area contributed by atoms with Crippen LogP contribution in [0.15, 0.2) is 30.3 Å². The zero-order chi connectivity index (χ0) is 26.1. The van der Waals surface area contributed by atoms with Gasteiger partial charge in [0.1, 0.15) is 0 Å². The van der Waals surface area contributed by atoms with Crippen molar-refractivity contribution in [3.63, 3.8) is 0 Å². The van der Waals surface area contributed by atoms with E-state index in [4.69, 9.17) is 19.8 Å². The number of carboxylic acid groups (broad SMARTS) is 2. The Morgan fingerprint density at radius 2 is 1.63 bits per heavy atom. The first kappa shape index (κ1) is 30.5. The van der Waals surface area contributed by atoms with Crippen LogP contribution in [0.2, 0.25) is 0 Å². The molecule has 9 nitrogen and oxygen atoms in total. The zero-order valence-electron chi connectivity index (χ0n) is 21.5. The van der Waals surface area contributed by atoms with E-state index in [0.717, 1.165) is 51.4 Å². The fourth-order valence-electron chi connectivity index (χ4n) is 4.84. The first-order valence-electron chi connectivity index (χ1n) is 12.4. The van der Waals surface area contributed by atoms with Crippen LogP contribution in [0.3, 0.4) is 0 Å². The molecule has 9 heteroatoms. The van der Waals surface area contributed by atoms with Crippen molar-refractivity contribution in [3.05, 3.63) is 35.9 Å². The number of nitrogens with one attached hydrogen (secondary N) is 1. The monoisotopic (exact) mass is 492 g/mol. The number of likely N-dealkylation sites (tertiary alicyclic amines) is 2. The molecule has 2 fully saturated rings. The average molecular weight is 493 g/mol. The molecule has 2 aliphatic rings. The Morgan fingerprint density at radius 3 is 2.20 bits per heavy atom. The van der Waals surface area contributed by atoms with Crippen LogP contribution < -0.4 is 5.32 Å². The van der Waals surface area contributed by atoms with Crippen LogP contribution in [-0.2, 0) is 20.9 Å². The molecule has 0 spiro atoms. The number of carbonyl (C=O) groups excluding carboxylic acids is 1. The van der Waals surface area contributed by atoms with E-state index in [1.165, 1.54) is 31.5 Å². The average Bonchev–Trinajstić information content (AvgIpc) is 3.04. The number of amides is 1. The molecule has 2 atom stereocenters. The summed E-state index contributed by atoms with van der Waals surface area (Å²) in [5.41, 5.74) is 1.41. The van der Waals surface area contributed by atoms with Crippen LogP contribution in [0.25, 0.3) is 0 Å². The van der Waals surface area contributed by atoms with Gasteiger partial charge >= 0.3 is 0 Å². The Kier molecular flexibility index (Phi) is 15.6. The summed E-state index contributed by atoms with van der Waals surface area (Å²) in [5, 5.41) is 17.0. The molecular weight excluding hydrogens is 448 g/mol. The second kappa shape index (κ2) is 17.9. The van der Waals surface area contributed by atoms with Crippen molar-refractivity contribution in [2.75, 3.05) is 53.9 Å². The lowest BCUT2D eigenvalue weighted by Crippen LogP contribution is -2.39. The molecule has 1 amide bonds. The number of hydrogen-bond acceptors (Lipinski definition) is 6. The quantitative estimate of drug-likeness (QED) is 0.496. The van der Waals surface area contributed by atoms with Gasteiger partial charge in [-0.3, -0.25) is 19.3 Å². The molecule has 0 aromatic heterocycles. The summed E-state index contributed by atoms with van der Waals surface area (Å²) in [6, 6.07) is 11.3. The maximum Gasteiger partial charge on any atom is 0.290 e. The highest BCUT2D eigenvalue weighted by molar-refractivity contribution is 5.78. The highest BCUT2D eigenvalue weighted by Crippen LogP contribution is 2.22. The van der Waals surface area contributed by atoms with Crippen LogP contribution in [0, 0.1) is 11.8 Å². The van der Waals surface area contributed by atoms with E-state index < -0.39 is 0 Å². The van der Waals surface area contributed by atoms with Gasteiger partial charge in [0.2, 0.25) is 5.91 Å². The van der Waals surface area contributed by atoms with Crippen molar-refractivity contribution in [3.8, 4) is 0 Å². The van der Waals surface area contributed by atoms with Crippen molar-refractivity contribution < 1.29 is 24.6 Å². The predicted octanol–water partition coefficient (Wildman–Crippen LogP) is 2.08. The molecule has 2 heterocycles. The first-order chi connectivity index (χ1) is 16.8. The molecule has 0 saturated carbocycles. The Morgan fingerprint density at radius 1 is 1.03 bits per heavy atom. The third-order valence-electron chi connectivity index (χ3n) is 6.81. The molecule has 0 bridgehead atoms. The molecule has 0 unspecified atom stereocenters. The van der Waals surface area contributed by atoms with E-state index in [1.54, 1.807) is 0 Å². The van der Waals surface area contributed by atoms with Gasteiger partial charge in [-0.1, -0.05) is 30.3 Å². The van der Waals surface area contributed by atoms with E-state index in [9.17, 15) is 4.79 Å². The number of piperidine rings is 1. The Bertz CT molecular complexity index is 705. The molecule has 2 aliphatic heterocycles. The minimum absolute atomic E-state index is 0.137. The summed E-state index contributed by atoms with van der Waals surface area (Å²) < 4.78 is 0.